The molecule has 0 spiro atoms. The molecule has 0 radical (unpaired) electrons. The average molecular weight is 385 g/mol. The summed E-state index contributed by atoms with van der Waals surface area (Å²) in [4.78, 5) is 18.2. The van der Waals surface area contributed by atoms with Crippen LogP contribution in [-0.2, 0) is 6.54 Å². The molecule has 1 fully saturated rings. The molecular formula is C26H28N2O. The molecule has 3 aromatic carbocycles. The van der Waals surface area contributed by atoms with E-state index in [1.807, 2.05) is 48.5 Å². The van der Waals surface area contributed by atoms with Crippen LogP contribution >= 0.6 is 0 Å². The summed E-state index contributed by atoms with van der Waals surface area (Å²) in [5.41, 5.74) is 3.26. The summed E-state index contributed by atoms with van der Waals surface area (Å²) in [6.45, 7) is 5.85. The SMILES string of the molecule is O=C(c1ccccc1)C(CN1CCN(Cc2ccccc2)CC1)c1ccccc1. The topological polar surface area (TPSA) is 23.6 Å². The summed E-state index contributed by atoms with van der Waals surface area (Å²) >= 11 is 0. The van der Waals surface area contributed by atoms with Crippen molar-refractivity contribution in [3.8, 4) is 0 Å². The van der Waals surface area contributed by atoms with Gasteiger partial charge in [-0.25, -0.2) is 0 Å². The summed E-state index contributed by atoms with van der Waals surface area (Å²) in [5, 5.41) is 0. The van der Waals surface area contributed by atoms with E-state index in [1.165, 1.54) is 5.56 Å². The first-order chi connectivity index (χ1) is 14.3. The van der Waals surface area contributed by atoms with Crippen molar-refractivity contribution in [1.82, 2.24) is 9.80 Å². The zero-order chi connectivity index (χ0) is 19.9. The monoisotopic (exact) mass is 384 g/mol. The van der Waals surface area contributed by atoms with Gasteiger partial charge in [-0.1, -0.05) is 91.0 Å². The van der Waals surface area contributed by atoms with Crippen molar-refractivity contribution in [1.29, 1.82) is 0 Å². The van der Waals surface area contributed by atoms with Gasteiger partial charge in [-0.05, 0) is 11.1 Å². The van der Waals surface area contributed by atoms with Crippen LogP contribution in [-0.4, -0.2) is 48.3 Å². The third kappa shape index (κ3) is 5.20. The second kappa shape index (κ2) is 9.64. The summed E-state index contributed by atoms with van der Waals surface area (Å²) in [7, 11) is 0. The van der Waals surface area contributed by atoms with E-state index in [1.54, 1.807) is 0 Å². The number of rotatable bonds is 7. The first-order valence-electron chi connectivity index (χ1n) is 10.4. The van der Waals surface area contributed by atoms with E-state index in [2.05, 4.69) is 52.3 Å². The summed E-state index contributed by atoms with van der Waals surface area (Å²) in [5.74, 6) is 0.0859. The minimum Gasteiger partial charge on any atom is -0.300 e. The first-order valence-corrected chi connectivity index (χ1v) is 10.4. The van der Waals surface area contributed by atoms with Gasteiger partial charge in [0.2, 0.25) is 0 Å². The Labute approximate surface area is 173 Å². The normalized spacial score (nSPS) is 16.4. The lowest BCUT2D eigenvalue weighted by Crippen LogP contribution is -2.47. The zero-order valence-corrected chi connectivity index (χ0v) is 16.8. The number of carbonyl (C=O) groups is 1. The third-order valence-corrected chi connectivity index (χ3v) is 5.73. The van der Waals surface area contributed by atoms with Crippen LogP contribution < -0.4 is 0 Å². The molecule has 0 N–H and O–H groups in total. The van der Waals surface area contributed by atoms with E-state index in [-0.39, 0.29) is 11.7 Å². The Bertz CT molecular complexity index is 888. The van der Waals surface area contributed by atoms with E-state index in [0.29, 0.717) is 0 Å². The second-order valence-corrected chi connectivity index (χ2v) is 7.76. The lowest BCUT2D eigenvalue weighted by Gasteiger charge is -2.36. The molecule has 0 aromatic heterocycles. The standard InChI is InChI=1S/C26H28N2O/c29-26(24-14-8-3-9-15-24)25(23-12-6-2-7-13-23)21-28-18-16-27(17-19-28)20-22-10-4-1-5-11-22/h1-15,25H,16-21H2. The molecule has 148 valence electrons. The fourth-order valence-electron chi connectivity index (χ4n) is 4.06. The third-order valence-electron chi connectivity index (χ3n) is 5.73. The fourth-order valence-corrected chi connectivity index (χ4v) is 4.06. The average Bonchev–Trinajstić information content (AvgIpc) is 2.80. The van der Waals surface area contributed by atoms with Crippen LogP contribution in [0.25, 0.3) is 0 Å². The van der Waals surface area contributed by atoms with E-state index in [4.69, 9.17) is 0 Å². The molecule has 0 amide bonds. The quantitative estimate of drug-likeness (QED) is 0.562. The molecule has 1 aliphatic heterocycles. The van der Waals surface area contributed by atoms with Crippen LogP contribution in [0.5, 0.6) is 0 Å². The Balaban J connectivity index is 1.41. The van der Waals surface area contributed by atoms with Gasteiger partial charge in [0.1, 0.15) is 0 Å². The molecule has 29 heavy (non-hydrogen) atoms. The maximum atomic E-state index is 13.3. The highest BCUT2D eigenvalue weighted by atomic mass is 16.1. The highest BCUT2D eigenvalue weighted by Gasteiger charge is 2.26. The number of benzene rings is 3. The highest BCUT2D eigenvalue weighted by molar-refractivity contribution is 6.01. The number of Topliss-reactive ketones (excluding diaryl/α,β-unsaturated/α-hetero) is 1. The van der Waals surface area contributed by atoms with Crippen molar-refractivity contribution in [3.05, 3.63) is 108 Å². The van der Waals surface area contributed by atoms with E-state index in [9.17, 15) is 4.79 Å². The number of hydrogen-bond acceptors (Lipinski definition) is 3. The Morgan fingerprint density at radius 1 is 0.690 bits per heavy atom. The van der Waals surface area contributed by atoms with Gasteiger partial charge in [0.15, 0.2) is 5.78 Å². The first kappa shape index (κ1) is 19.6. The van der Waals surface area contributed by atoms with Gasteiger partial charge >= 0.3 is 0 Å². The summed E-state index contributed by atoms with van der Waals surface area (Å²) < 4.78 is 0. The molecule has 1 unspecified atom stereocenters. The molecular weight excluding hydrogens is 356 g/mol. The Kier molecular flexibility index (Phi) is 6.50. The minimum absolute atomic E-state index is 0.126. The molecule has 3 nitrogen and oxygen atoms in total. The maximum Gasteiger partial charge on any atom is 0.171 e. The highest BCUT2D eigenvalue weighted by Crippen LogP contribution is 2.23. The van der Waals surface area contributed by atoms with Crippen LogP contribution in [0.15, 0.2) is 91.0 Å². The summed E-state index contributed by atoms with van der Waals surface area (Å²) in [6.07, 6.45) is 0. The lowest BCUT2D eigenvalue weighted by molar-refractivity contribution is 0.0880. The molecule has 4 rings (SSSR count). The van der Waals surface area contributed by atoms with Gasteiger partial charge in [0.25, 0.3) is 0 Å². The molecule has 3 aromatic rings. The van der Waals surface area contributed by atoms with Gasteiger partial charge in [-0.2, -0.15) is 0 Å². The van der Waals surface area contributed by atoms with Crippen molar-refractivity contribution >= 4 is 5.78 Å². The number of nitrogens with zero attached hydrogens (tertiary/aromatic N) is 2. The Morgan fingerprint density at radius 2 is 1.21 bits per heavy atom. The maximum absolute atomic E-state index is 13.3. The number of piperazine rings is 1. The molecule has 0 aliphatic carbocycles. The molecule has 3 heteroatoms. The van der Waals surface area contributed by atoms with Crippen LogP contribution in [0, 0.1) is 0 Å². The van der Waals surface area contributed by atoms with E-state index >= 15 is 0 Å². The van der Waals surface area contributed by atoms with Crippen LogP contribution in [0.2, 0.25) is 0 Å². The lowest BCUT2D eigenvalue weighted by atomic mass is 9.90. The Morgan fingerprint density at radius 3 is 1.83 bits per heavy atom. The van der Waals surface area contributed by atoms with Crippen molar-refractivity contribution < 1.29 is 4.79 Å². The van der Waals surface area contributed by atoms with Crippen molar-refractivity contribution in [2.45, 2.75) is 12.5 Å². The fraction of sp³-hybridized carbons (Fsp3) is 0.269. The predicted octanol–water partition coefficient (Wildman–Crippen LogP) is 4.47. The Hall–Kier alpha value is -2.75. The predicted molar refractivity (Wildman–Crippen MR) is 118 cm³/mol. The van der Waals surface area contributed by atoms with Crippen molar-refractivity contribution in [2.24, 2.45) is 0 Å². The van der Waals surface area contributed by atoms with Crippen LogP contribution in [0.4, 0.5) is 0 Å². The number of hydrogen-bond donors (Lipinski definition) is 0. The molecule has 1 atom stereocenters. The van der Waals surface area contributed by atoms with Gasteiger partial charge in [0, 0.05) is 44.8 Å². The molecule has 0 bridgehead atoms. The van der Waals surface area contributed by atoms with Gasteiger partial charge in [-0.15, -0.1) is 0 Å². The minimum atomic E-state index is -0.126. The molecule has 1 aliphatic rings. The number of carbonyl (C=O) groups excluding carboxylic acids is 1. The molecule has 1 heterocycles. The second-order valence-electron chi connectivity index (χ2n) is 7.76. The number of ketones is 1. The van der Waals surface area contributed by atoms with Gasteiger partial charge in [0.05, 0.1) is 5.92 Å². The van der Waals surface area contributed by atoms with Gasteiger partial charge < -0.3 is 0 Å². The van der Waals surface area contributed by atoms with E-state index < -0.39 is 0 Å². The smallest absolute Gasteiger partial charge is 0.171 e. The van der Waals surface area contributed by atoms with Crippen molar-refractivity contribution in [3.63, 3.8) is 0 Å². The zero-order valence-electron chi connectivity index (χ0n) is 16.8. The molecule has 1 saturated heterocycles. The van der Waals surface area contributed by atoms with E-state index in [0.717, 1.165) is 50.4 Å². The largest absolute Gasteiger partial charge is 0.300 e. The van der Waals surface area contributed by atoms with Crippen molar-refractivity contribution in [2.75, 3.05) is 32.7 Å². The van der Waals surface area contributed by atoms with Crippen LogP contribution in [0.3, 0.4) is 0 Å². The summed E-state index contributed by atoms with van der Waals surface area (Å²) in [6, 6.07) is 30.6. The molecule has 0 saturated carbocycles. The van der Waals surface area contributed by atoms with Crippen LogP contribution in [0.1, 0.15) is 27.4 Å². The van der Waals surface area contributed by atoms with Gasteiger partial charge in [-0.3, -0.25) is 14.6 Å².